The number of halogens is 2. The number of fused-ring (bicyclic) bond motifs is 1. The van der Waals surface area contributed by atoms with Crippen molar-refractivity contribution in [2.75, 3.05) is 42.9 Å². The highest BCUT2D eigenvalue weighted by Gasteiger charge is 2.21. The van der Waals surface area contributed by atoms with Crippen molar-refractivity contribution in [1.82, 2.24) is 30.0 Å². The minimum Gasteiger partial charge on any atom is -0.421 e. The minimum absolute atomic E-state index is 0.0953. The molecule has 9 nitrogen and oxygen atoms in total. The Morgan fingerprint density at radius 1 is 1.08 bits per heavy atom. The molecule has 0 spiro atoms. The first kappa shape index (κ1) is 23.7. The lowest BCUT2D eigenvalue weighted by molar-refractivity contribution is 0.270. The monoisotopic (exact) mass is 494 g/mol. The largest absolute Gasteiger partial charge is 0.421 e. The van der Waals surface area contributed by atoms with E-state index in [0.29, 0.717) is 23.1 Å². The zero-order valence-corrected chi connectivity index (χ0v) is 20.4. The van der Waals surface area contributed by atoms with Crippen molar-refractivity contribution >= 4 is 34.4 Å². The predicted octanol–water partition coefficient (Wildman–Crippen LogP) is 4.98. The summed E-state index contributed by atoms with van der Waals surface area (Å²) in [7, 11) is 0. The molecule has 3 N–H and O–H groups in total. The maximum atomic E-state index is 15.2. The molecule has 0 radical (unpaired) electrons. The van der Waals surface area contributed by atoms with E-state index in [1.807, 2.05) is 25.1 Å². The van der Waals surface area contributed by atoms with Crippen LogP contribution in [0, 0.1) is 18.6 Å². The van der Waals surface area contributed by atoms with Crippen LogP contribution in [-0.4, -0.2) is 62.8 Å². The first-order chi connectivity index (χ1) is 17.4. The highest BCUT2D eigenvalue weighted by atomic mass is 19.1. The van der Waals surface area contributed by atoms with Gasteiger partial charge in [-0.15, -0.1) is 0 Å². The minimum atomic E-state index is -0.681. The number of aromatic nitrogens is 5. The highest BCUT2D eigenvalue weighted by molar-refractivity contribution is 5.83. The summed E-state index contributed by atoms with van der Waals surface area (Å²) in [6.45, 7) is 10.1. The van der Waals surface area contributed by atoms with Crippen molar-refractivity contribution in [3.63, 3.8) is 0 Å². The van der Waals surface area contributed by atoms with Crippen LogP contribution in [0.4, 0.5) is 26.2 Å². The fraction of sp³-hybridized carbons (Fsp3) is 0.320. The van der Waals surface area contributed by atoms with Crippen molar-refractivity contribution in [2.24, 2.45) is 0 Å². The number of anilines is 3. The zero-order valence-electron chi connectivity index (χ0n) is 20.4. The van der Waals surface area contributed by atoms with Crippen LogP contribution in [0.15, 0.2) is 30.3 Å². The van der Waals surface area contributed by atoms with Crippen LogP contribution in [0.25, 0.3) is 17.0 Å². The second kappa shape index (κ2) is 9.94. The Bertz CT molecular complexity index is 1400. The van der Waals surface area contributed by atoms with E-state index in [9.17, 15) is 4.39 Å². The van der Waals surface area contributed by atoms with E-state index in [2.05, 4.69) is 47.2 Å². The number of benzene rings is 1. The number of aryl methyl sites for hydroxylation is 1. The van der Waals surface area contributed by atoms with Gasteiger partial charge in [0.1, 0.15) is 11.6 Å². The molecule has 0 unspecified atom stereocenters. The summed E-state index contributed by atoms with van der Waals surface area (Å²) in [5.41, 5.74) is 1.57. The number of allylic oxidation sites excluding steroid dienone is 1. The average molecular weight is 495 g/mol. The molecule has 4 heterocycles. The van der Waals surface area contributed by atoms with Gasteiger partial charge in [-0.1, -0.05) is 13.0 Å². The molecular formula is C25H28F2N8O. The van der Waals surface area contributed by atoms with Gasteiger partial charge in [-0.2, -0.15) is 15.1 Å². The topological polar surface area (TPSA) is 98.0 Å². The van der Waals surface area contributed by atoms with Gasteiger partial charge in [-0.25, -0.2) is 8.78 Å². The van der Waals surface area contributed by atoms with Crippen molar-refractivity contribution in [1.29, 1.82) is 0 Å². The smallest absolute Gasteiger partial charge is 0.326 e. The molecule has 4 aromatic rings. The maximum absolute atomic E-state index is 15.2. The number of nitrogens with one attached hydrogen (secondary N) is 3. The fourth-order valence-electron chi connectivity index (χ4n) is 4.28. The molecular weight excluding hydrogens is 466 g/mol. The summed E-state index contributed by atoms with van der Waals surface area (Å²) >= 11 is 0. The maximum Gasteiger partial charge on any atom is 0.326 e. The number of H-pyrrole nitrogens is 2. The molecule has 36 heavy (non-hydrogen) atoms. The van der Waals surface area contributed by atoms with Gasteiger partial charge in [0.15, 0.2) is 23.2 Å². The number of aromatic amines is 2. The molecule has 1 saturated heterocycles. The van der Waals surface area contributed by atoms with Gasteiger partial charge in [0.05, 0.1) is 11.2 Å². The number of likely N-dealkylation sites (N-methyl/N-ethyl adjacent to an activating group) is 1. The molecule has 1 fully saturated rings. The van der Waals surface area contributed by atoms with Crippen molar-refractivity contribution in [2.45, 2.75) is 20.8 Å². The molecule has 3 aromatic heterocycles. The Hall–Kier alpha value is -3.99. The second-order valence-corrected chi connectivity index (χ2v) is 8.66. The van der Waals surface area contributed by atoms with E-state index < -0.39 is 11.6 Å². The predicted molar refractivity (Wildman–Crippen MR) is 136 cm³/mol. The number of ether oxygens (including phenoxy) is 1. The van der Waals surface area contributed by atoms with Crippen LogP contribution in [-0.2, 0) is 0 Å². The summed E-state index contributed by atoms with van der Waals surface area (Å²) in [4.78, 5) is 16.2. The Labute approximate surface area is 207 Å². The Morgan fingerprint density at radius 2 is 1.89 bits per heavy atom. The van der Waals surface area contributed by atoms with Crippen molar-refractivity contribution in [3.8, 4) is 11.8 Å². The van der Waals surface area contributed by atoms with Crippen LogP contribution in [0.3, 0.4) is 0 Å². The van der Waals surface area contributed by atoms with Crippen LogP contribution in [0.5, 0.6) is 11.8 Å². The third-order valence-corrected chi connectivity index (χ3v) is 6.14. The molecule has 1 aliphatic heterocycles. The van der Waals surface area contributed by atoms with E-state index in [1.165, 1.54) is 6.07 Å². The number of hydrogen-bond acceptors (Lipinski definition) is 7. The van der Waals surface area contributed by atoms with E-state index >= 15 is 4.39 Å². The van der Waals surface area contributed by atoms with Gasteiger partial charge in [0.2, 0.25) is 0 Å². The van der Waals surface area contributed by atoms with E-state index in [-0.39, 0.29) is 22.7 Å². The van der Waals surface area contributed by atoms with E-state index in [4.69, 9.17) is 4.74 Å². The Balaban J connectivity index is 1.49. The summed E-state index contributed by atoms with van der Waals surface area (Å²) in [5.74, 6) is 0.0173. The molecule has 11 heteroatoms. The lowest BCUT2D eigenvalue weighted by Crippen LogP contribution is -2.46. The molecule has 5 rings (SSSR count). The van der Waals surface area contributed by atoms with Gasteiger partial charge >= 0.3 is 6.01 Å². The Kier molecular flexibility index (Phi) is 6.55. The quantitative estimate of drug-likeness (QED) is 0.333. The van der Waals surface area contributed by atoms with Crippen LogP contribution in [0.1, 0.15) is 25.2 Å². The summed E-state index contributed by atoms with van der Waals surface area (Å²) in [5, 5.41) is 10.4. The second-order valence-electron chi connectivity index (χ2n) is 8.66. The molecule has 0 atom stereocenters. The third kappa shape index (κ3) is 4.87. The molecule has 188 valence electrons. The highest BCUT2D eigenvalue weighted by Crippen LogP contribution is 2.33. The van der Waals surface area contributed by atoms with Crippen LogP contribution >= 0.6 is 0 Å². The van der Waals surface area contributed by atoms with Crippen molar-refractivity contribution < 1.29 is 13.5 Å². The van der Waals surface area contributed by atoms with Crippen molar-refractivity contribution in [3.05, 3.63) is 53.4 Å². The fourth-order valence-corrected chi connectivity index (χ4v) is 4.28. The van der Waals surface area contributed by atoms with Gasteiger partial charge in [0.25, 0.3) is 0 Å². The number of rotatable bonds is 7. The Morgan fingerprint density at radius 3 is 2.64 bits per heavy atom. The first-order valence-corrected chi connectivity index (χ1v) is 11.9. The number of hydrogen-bond donors (Lipinski definition) is 3. The third-order valence-electron chi connectivity index (χ3n) is 6.14. The van der Waals surface area contributed by atoms with Gasteiger partial charge in [-0.05, 0) is 32.5 Å². The summed E-state index contributed by atoms with van der Waals surface area (Å²) < 4.78 is 35.6. The average Bonchev–Trinajstić information content (AvgIpc) is 3.49. The van der Waals surface area contributed by atoms with E-state index in [1.54, 1.807) is 13.0 Å². The molecule has 0 aliphatic carbocycles. The molecule has 1 aliphatic rings. The van der Waals surface area contributed by atoms with E-state index in [0.717, 1.165) is 44.5 Å². The SMILES string of the molecule is C/C=C/c1cc(Nc2cc(N3CCN(CC)CC3)nc(Oc3cc(F)c4[nH]c(C)cc4c3F)n2)n[nH]1. The van der Waals surface area contributed by atoms with Crippen LogP contribution < -0.4 is 15.0 Å². The van der Waals surface area contributed by atoms with Gasteiger partial charge < -0.3 is 24.8 Å². The number of piperazine rings is 1. The molecule has 0 saturated carbocycles. The summed E-state index contributed by atoms with van der Waals surface area (Å²) in [6.07, 6.45) is 3.79. The first-order valence-electron chi connectivity index (χ1n) is 11.9. The van der Waals surface area contributed by atoms with Gasteiger partial charge in [-0.3, -0.25) is 5.10 Å². The molecule has 0 amide bonds. The normalized spacial score (nSPS) is 14.8. The standard InChI is InChI=1S/C25H28F2N8O/c1-4-6-16-12-21(33-32-16)29-20-14-22(35-9-7-34(5-2)8-10-35)31-25(30-20)36-19-13-18(26)24-17(23(19)27)11-15(3)28-24/h4,6,11-14,28H,5,7-10H2,1-3H3,(H2,29,30,31,32,33)/b6-4+. The lowest BCUT2D eigenvalue weighted by Gasteiger charge is -2.34. The van der Waals surface area contributed by atoms with Crippen LogP contribution in [0.2, 0.25) is 0 Å². The number of nitrogens with zero attached hydrogens (tertiary/aromatic N) is 5. The lowest BCUT2D eigenvalue weighted by atomic mass is 10.2. The zero-order chi connectivity index (χ0) is 25.2. The van der Waals surface area contributed by atoms with Gasteiger partial charge in [0, 0.05) is 55.5 Å². The molecule has 0 bridgehead atoms. The molecule has 1 aromatic carbocycles. The summed E-state index contributed by atoms with van der Waals surface area (Å²) in [6, 6.07) is 6.08.